The molecule has 0 spiro atoms. The standard InChI is InChI=1S/C71H134I2O13Si5/c1-46-39-49(31-34-62-75-37-38-76-62)78-57(46)32-29-50-42-55(73)48(3)60(79-50)44-61-54(41-52(80-61)40-53(83-88(21,22)68(7,8)9)45-77-87(19,20)67(4,5)6)47(2)56(74)43-51-30-33-58-63(81-51)65(85-90(25,26)70(13,14)15)66(86-91(27,28)71(16,17)18)64(82-58)59(35-36-72)84-89(23,24)69(10,11)12/h35-36,46-47,49-55,57-66H,3,29-34,37-45H2,1-2,4-28H3/b36-35+/t46?,47?,49-,50-,51+,52+,53?,54-,55-,57-,58-,59?,60+,61-,63?,64+,65?,66?/m0/s1. The molecule has 0 saturated carbocycles. The Kier molecular flexibility index (Phi) is 28.2. The number of ketones is 1. The van der Waals surface area contributed by atoms with Crippen molar-refractivity contribution in [3.63, 3.8) is 0 Å². The van der Waals surface area contributed by atoms with Crippen LogP contribution in [0.5, 0.6) is 0 Å². The monoisotopic (exact) mass is 1590 g/mol. The summed E-state index contributed by atoms with van der Waals surface area (Å²) in [6.45, 7) is 69.0. The molecule has 0 N–H and O–H groups in total. The van der Waals surface area contributed by atoms with Crippen LogP contribution in [0.1, 0.15) is 195 Å². The van der Waals surface area contributed by atoms with Crippen molar-refractivity contribution in [1.29, 1.82) is 0 Å². The maximum absolute atomic E-state index is 15.6. The molecular weight excluding hydrogens is 1460 g/mol. The van der Waals surface area contributed by atoms with Crippen LogP contribution in [0.4, 0.5) is 0 Å². The highest BCUT2D eigenvalue weighted by Crippen LogP contribution is 2.50. The predicted molar refractivity (Wildman–Crippen MR) is 403 cm³/mol. The molecule has 20 heteroatoms. The third-order valence-electron chi connectivity index (χ3n) is 24.2. The largest absolute Gasteiger partial charge is 0.414 e. The fourth-order valence-electron chi connectivity index (χ4n) is 12.8. The fraction of sp³-hybridized carbons (Fsp3) is 0.930. The van der Waals surface area contributed by atoms with Gasteiger partial charge in [0.1, 0.15) is 30.2 Å². The molecule has 0 aromatic carbocycles. The number of alkyl halides is 1. The molecule has 6 saturated heterocycles. The van der Waals surface area contributed by atoms with Crippen LogP contribution in [0.15, 0.2) is 22.3 Å². The molecular formula is C71H134I2O13Si5. The van der Waals surface area contributed by atoms with Gasteiger partial charge in [-0.3, -0.25) is 4.79 Å². The SMILES string of the molecule is C=C1[C@@H](I)C[C@H](CC[C@@H]2O[C@@H](CCC3OCCO3)CC2C)O[C@@H]1C[C@@H]1O[C@H](CC(CO[Si](C)(C)C(C)(C)C)O[Si](C)(C)C(C)(C)C)C[C@H]1C(C)C(=O)C[C@H]1CC[C@@H]2O[C@H](C(/C=C/I)O[Si](C)(C)C(C)(C)C)C(O[Si](C)(C)C(C)(C)C)C(O[Si](C)(C)C(C)(C)C)C2O1. The number of ether oxygens (including phenoxy) is 7. The van der Waals surface area contributed by atoms with Crippen molar-refractivity contribution < 1.29 is 60.1 Å². The number of carbonyl (C=O) groups excluding carboxylic acids is 1. The lowest BCUT2D eigenvalue weighted by Gasteiger charge is -2.56. The Hall–Kier alpha value is 1.21. The lowest BCUT2D eigenvalue weighted by molar-refractivity contribution is -0.266. The highest BCUT2D eigenvalue weighted by molar-refractivity contribution is 14.1. The third kappa shape index (κ3) is 21.2. The van der Waals surface area contributed by atoms with Crippen molar-refractivity contribution >= 4 is 92.6 Å². The molecule has 6 aliphatic heterocycles. The first-order valence-electron chi connectivity index (χ1n) is 35.5. The predicted octanol–water partition coefficient (Wildman–Crippen LogP) is 19.2. The normalized spacial score (nSPS) is 32.8. The van der Waals surface area contributed by atoms with Gasteiger partial charge in [0.05, 0.1) is 80.9 Å². The van der Waals surface area contributed by atoms with Crippen molar-refractivity contribution in [2.75, 3.05) is 19.8 Å². The third-order valence-corrected chi connectivity index (χ3v) is 48.4. The van der Waals surface area contributed by atoms with E-state index in [4.69, 9.17) is 61.9 Å². The van der Waals surface area contributed by atoms with Gasteiger partial charge in [-0.05, 0) is 170 Å². The molecule has 7 unspecified atom stereocenters. The summed E-state index contributed by atoms with van der Waals surface area (Å²) in [5, 5.41) is -0.149. The summed E-state index contributed by atoms with van der Waals surface area (Å²) in [5.41, 5.74) is 1.11. The topological polar surface area (TPSA) is 128 Å². The van der Waals surface area contributed by atoms with Gasteiger partial charge in [-0.25, -0.2) is 0 Å². The van der Waals surface area contributed by atoms with E-state index in [1.165, 1.54) is 0 Å². The van der Waals surface area contributed by atoms with Crippen molar-refractivity contribution in [2.45, 2.75) is 381 Å². The Balaban J connectivity index is 1.29. The zero-order valence-electron chi connectivity index (χ0n) is 62.5. The number of hydrogen-bond acceptors (Lipinski definition) is 13. The summed E-state index contributed by atoms with van der Waals surface area (Å²) in [7, 11) is -11.7. The quantitative estimate of drug-likeness (QED) is 0.0335. The van der Waals surface area contributed by atoms with E-state index in [1.807, 2.05) is 0 Å². The summed E-state index contributed by atoms with van der Waals surface area (Å²) in [4.78, 5) is 15.6. The lowest BCUT2D eigenvalue weighted by atomic mass is 9.79. The van der Waals surface area contributed by atoms with Gasteiger partial charge in [0, 0.05) is 35.5 Å². The molecule has 0 aromatic heterocycles. The van der Waals surface area contributed by atoms with Crippen molar-refractivity contribution in [1.82, 2.24) is 0 Å². The van der Waals surface area contributed by atoms with Crippen LogP contribution in [-0.4, -0.2) is 163 Å². The molecule has 6 heterocycles. The van der Waals surface area contributed by atoms with Gasteiger partial charge in [0.15, 0.2) is 47.9 Å². The number of Topliss-reactive ketones (excluding diaryl/α,β-unsaturated/α-hetero) is 1. The number of carbonyl (C=O) groups is 1. The summed E-state index contributed by atoms with van der Waals surface area (Å²) < 4.78 is 87.4. The zero-order chi connectivity index (χ0) is 68.6. The Bertz CT molecular complexity index is 2370. The highest BCUT2D eigenvalue weighted by Gasteiger charge is 2.59. The molecule has 13 nitrogen and oxygen atoms in total. The van der Waals surface area contributed by atoms with Crippen LogP contribution in [-0.2, 0) is 60.1 Å². The van der Waals surface area contributed by atoms with Crippen molar-refractivity contribution in [2.24, 2.45) is 17.8 Å². The van der Waals surface area contributed by atoms with Gasteiger partial charge in [-0.15, -0.1) is 0 Å². The average Bonchev–Trinajstić information content (AvgIpc) is 1.51. The second-order valence-electron chi connectivity index (χ2n) is 36.3. The molecule has 6 aliphatic rings. The van der Waals surface area contributed by atoms with Gasteiger partial charge < -0.3 is 55.3 Å². The molecule has 0 radical (unpaired) electrons. The second kappa shape index (κ2) is 31.6. The van der Waals surface area contributed by atoms with Crippen LogP contribution in [0.25, 0.3) is 0 Å². The summed E-state index contributed by atoms with van der Waals surface area (Å²) in [6.07, 6.45) is 8.57. The molecule has 0 amide bonds. The minimum atomic E-state index is -2.48. The minimum Gasteiger partial charge on any atom is -0.414 e. The molecule has 0 bridgehead atoms. The maximum Gasteiger partial charge on any atom is 0.193 e. The second-order valence-corrected chi connectivity index (χ2v) is 62.4. The lowest BCUT2D eigenvalue weighted by Crippen LogP contribution is -2.69. The minimum absolute atomic E-state index is 0.00925. The van der Waals surface area contributed by atoms with Crippen LogP contribution in [0, 0.1) is 17.8 Å². The number of hydrogen-bond donors (Lipinski definition) is 0. The first-order chi connectivity index (χ1) is 41.5. The summed E-state index contributed by atoms with van der Waals surface area (Å²) >= 11 is 4.93. The molecule has 6 rings (SSSR count). The van der Waals surface area contributed by atoms with Crippen LogP contribution < -0.4 is 0 Å². The highest BCUT2D eigenvalue weighted by atomic mass is 127. The summed E-state index contributed by atoms with van der Waals surface area (Å²) in [5.74, 6) is 0.321. The molecule has 6 fully saturated rings. The smallest absolute Gasteiger partial charge is 0.193 e. The van der Waals surface area contributed by atoms with Crippen LogP contribution >= 0.6 is 45.2 Å². The molecule has 530 valence electrons. The first kappa shape index (κ1) is 81.2. The van der Waals surface area contributed by atoms with Crippen LogP contribution in [0.2, 0.25) is 90.7 Å². The number of halogens is 2. The maximum atomic E-state index is 15.6. The van der Waals surface area contributed by atoms with Crippen molar-refractivity contribution in [3.8, 4) is 0 Å². The molecule has 0 aromatic rings. The number of rotatable bonds is 27. The Morgan fingerprint density at radius 2 is 1.14 bits per heavy atom. The van der Waals surface area contributed by atoms with E-state index in [9.17, 15) is 0 Å². The molecule has 91 heavy (non-hydrogen) atoms. The van der Waals surface area contributed by atoms with E-state index in [2.05, 4.69) is 239 Å². The van der Waals surface area contributed by atoms with E-state index >= 15 is 4.79 Å². The Morgan fingerprint density at radius 1 is 0.615 bits per heavy atom. The van der Waals surface area contributed by atoms with E-state index in [0.717, 1.165) is 56.9 Å². The van der Waals surface area contributed by atoms with Gasteiger partial charge >= 0.3 is 0 Å². The number of fused-ring (bicyclic) bond motifs is 1. The van der Waals surface area contributed by atoms with Gasteiger partial charge in [0.2, 0.25) is 0 Å². The Morgan fingerprint density at radius 3 is 1.70 bits per heavy atom. The molecule has 18 atom stereocenters. The van der Waals surface area contributed by atoms with Gasteiger partial charge in [-0.1, -0.05) is 169 Å². The van der Waals surface area contributed by atoms with Gasteiger partial charge in [0.25, 0.3) is 0 Å². The summed E-state index contributed by atoms with van der Waals surface area (Å²) in [6, 6.07) is 0. The first-order valence-corrected chi connectivity index (χ1v) is 52.5. The molecule has 0 aliphatic carbocycles. The Labute approximate surface area is 588 Å². The van der Waals surface area contributed by atoms with E-state index in [0.29, 0.717) is 51.4 Å². The average molecular weight is 1590 g/mol. The zero-order valence-corrected chi connectivity index (χ0v) is 71.8. The van der Waals surface area contributed by atoms with Crippen LogP contribution in [0.3, 0.4) is 0 Å². The van der Waals surface area contributed by atoms with E-state index in [1.54, 1.807) is 0 Å². The van der Waals surface area contributed by atoms with Gasteiger partial charge in [-0.2, -0.15) is 0 Å². The van der Waals surface area contributed by atoms with Crippen molar-refractivity contribution in [3.05, 3.63) is 22.3 Å². The van der Waals surface area contributed by atoms with E-state index in [-0.39, 0.29) is 114 Å². The fourth-order valence-corrected chi connectivity index (χ4v) is 20.4. The van der Waals surface area contributed by atoms with E-state index < -0.39 is 66.0 Å².